The third kappa shape index (κ3) is 5.66. The Morgan fingerprint density at radius 3 is 2.03 bits per heavy atom. The van der Waals surface area contributed by atoms with Crippen LogP contribution < -0.4 is 29.6 Å². The fraction of sp³-hybridized carbons (Fsp3) is 0.350. The SMILES string of the molecule is CCOc1cc(NC(=O)Nc2cc([N+](=O)[O-])ccc2OC)cc(OCC)c1OCC. The summed E-state index contributed by atoms with van der Waals surface area (Å²) in [5.41, 5.74) is 0.377. The fourth-order valence-electron chi connectivity index (χ4n) is 2.65. The predicted octanol–water partition coefficient (Wildman–Crippen LogP) is 4.44. The van der Waals surface area contributed by atoms with Crippen LogP contribution in [-0.4, -0.2) is 37.9 Å². The number of carbonyl (C=O) groups is 1. The molecule has 0 atom stereocenters. The Hall–Kier alpha value is -3.69. The van der Waals surface area contributed by atoms with Gasteiger partial charge in [-0.1, -0.05) is 0 Å². The zero-order valence-corrected chi connectivity index (χ0v) is 17.3. The van der Waals surface area contributed by atoms with E-state index in [0.717, 1.165) is 0 Å². The molecule has 0 aliphatic rings. The van der Waals surface area contributed by atoms with E-state index < -0.39 is 11.0 Å². The molecule has 0 heterocycles. The van der Waals surface area contributed by atoms with Crippen molar-refractivity contribution in [3.05, 3.63) is 40.4 Å². The van der Waals surface area contributed by atoms with Gasteiger partial charge in [-0.25, -0.2) is 4.79 Å². The van der Waals surface area contributed by atoms with Crippen LogP contribution in [0, 0.1) is 10.1 Å². The molecular weight excluding hydrogens is 394 g/mol. The van der Waals surface area contributed by atoms with Gasteiger partial charge in [-0.2, -0.15) is 0 Å². The highest BCUT2D eigenvalue weighted by Gasteiger charge is 2.18. The molecule has 2 aromatic carbocycles. The van der Waals surface area contributed by atoms with E-state index in [-0.39, 0.29) is 17.1 Å². The second-order valence-corrected chi connectivity index (χ2v) is 5.82. The van der Waals surface area contributed by atoms with Crippen molar-refractivity contribution in [2.45, 2.75) is 20.8 Å². The average molecular weight is 419 g/mol. The molecule has 0 saturated heterocycles. The van der Waals surface area contributed by atoms with E-state index in [2.05, 4.69) is 10.6 Å². The highest BCUT2D eigenvalue weighted by Crippen LogP contribution is 2.41. The largest absolute Gasteiger partial charge is 0.495 e. The number of urea groups is 1. The Morgan fingerprint density at radius 2 is 1.53 bits per heavy atom. The Labute approximate surface area is 174 Å². The number of rotatable bonds is 10. The van der Waals surface area contributed by atoms with Crippen molar-refractivity contribution in [1.82, 2.24) is 0 Å². The minimum absolute atomic E-state index is 0.158. The number of methoxy groups -OCH3 is 1. The van der Waals surface area contributed by atoms with Crippen molar-refractivity contribution in [2.75, 3.05) is 37.6 Å². The number of ether oxygens (including phenoxy) is 4. The summed E-state index contributed by atoms with van der Waals surface area (Å²) in [4.78, 5) is 23.0. The lowest BCUT2D eigenvalue weighted by Gasteiger charge is -2.18. The fourth-order valence-corrected chi connectivity index (χ4v) is 2.65. The zero-order valence-electron chi connectivity index (χ0n) is 17.3. The van der Waals surface area contributed by atoms with Crippen LogP contribution >= 0.6 is 0 Å². The van der Waals surface area contributed by atoms with Crippen molar-refractivity contribution in [2.24, 2.45) is 0 Å². The Morgan fingerprint density at radius 1 is 0.933 bits per heavy atom. The number of amides is 2. The molecule has 0 aliphatic carbocycles. The maximum absolute atomic E-state index is 12.5. The standard InChI is InChI=1S/C20H25N3O7/c1-5-28-17-10-13(11-18(29-6-2)19(17)30-7-3)21-20(24)22-15-12-14(23(25)26)8-9-16(15)27-4/h8-12H,5-7H2,1-4H3,(H2,21,22,24). The van der Waals surface area contributed by atoms with Crippen molar-refractivity contribution < 1.29 is 28.7 Å². The maximum atomic E-state index is 12.5. The molecule has 10 nitrogen and oxygen atoms in total. The first-order valence-electron chi connectivity index (χ1n) is 9.40. The van der Waals surface area contributed by atoms with Crippen molar-refractivity contribution in [3.8, 4) is 23.0 Å². The van der Waals surface area contributed by atoms with Crippen LogP contribution in [0.15, 0.2) is 30.3 Å². The van der Waals surface area contributed by atoms with Gasteiger partial charge in [0.15, 0.2) is 11.5 Å². The lowest BCUT2D eigenvalue weighted by atomic mass is 10.2. The van der Waals surface area contributed by atoms with Crippen LogP contribution in [0.1, 0.15) is 20.8 Å². The number of hydrogen-bond donors (Lipinski definition) is 2. The number of anilines is 2. The summed E-state index contributed by atoms with van der Waals surface area (Å²) in [5, 5.41) is 16.2. The Kier molecular flexibility index (Phi) is 8.09. The number of nitro groups is 1. The molecule has 0 radical (unpaired) electrons. The van der Waals surface area contributed by atoms with Crippen LogP contribution in [0.4, 0.5) is 21.9 Å². The van der Waals surface area contributed by atoms with E-state index in [1.54, 1.807) is 12.1 Å². The highest BCUT2D eigenvalue weighted by molar-refractivity contribution is 6.01. The van der Waals surface area contributed by atoms with Gasteiger partial charge in [0.2, 0.25) is 5.75 Å². The molecule has 0 unspecified atom stereocenters. The minimum atomic E-state index is -0.622. The Bertz CT molecular complexity index is 875. The second-order valence-electron chi connectivity index (χ2n) is 5.82. The van der Waals surface area contributed by atoms with Gasteiger partial charge >= 0.3 is 6.03 Å². The average Bonchev–Trinajstić information content (AvgIpc) is 2.70. The van der Waals surface area contributed by atoms with Crippen molar-refractivity contribution in [1.29, 1.82) is 0 Å². The summed E-state index contributed by atoms with van der Waals surface area (Å²) < 4.78 is 22.0. The summed E-state index contributed by atoms with van der Waals surface area (Å²) in [6, 6.07) is 6.52. The number of non-ortho nitro benzene ring substituents is 1. The van der Waals surface area contributed by atoms with E-state index in [9.17, 15) is 14.9 Å². The van der Waals surface area contributed by atoms with Crippen LogP contribution in [-0.2, 0) is 0 Å². The van der Waals surface area contributed by atoms with Crippen molar-refractivity contribution in [3.63, 3.8) is 0 Å². The van der Waals surface area contributed by atoms with E-state index in [0.29, 0.717) is 42.8 Å². The lowest BCUT2D eigenvalue weighted by Crippen LogP contribution is -2.20. The molecule has 0 saturated carbocycles. The smallest absolute Gasteiger partial charge is 0.323 e. The van der Waals surface area contributed by atoms with E-state index in [1.807, 2.05) is 20.8 Å². The first-order chi connectivity index (χ1) is 14.4. The number of benzene rings is 2. The minimum Gasteiger partial charge on any atom is -0.495 e. The van der Waals surface area contributed by atoms with Crippen LogP contribution in [0.25, 0.3) is 0 Å². The molecule has 0 fully saturated rings. The molecule has 2 rings (SSSR count). The lowest BCUT2D eigenvalue weighted by molar-refractivity contribution is -0.384. The summed E-state index contributed by atoms with van der Waals surface area (Å²) in [5.74, 6) is 1.59. The quantitative estimate of drug-likeness (QED) is 0.431. The van der Waals surface area contributed by atoms with E-state index >= 15 is 0 Å². The Balaban J connectivity index is 2.30. The first-order valence-corrected chi connectivity index (χ1v) is 9.40. The van der Waals surface area contributed by atoms with E-state index in [1.165, 1.54) is 25.3 Å². The summed E-state index contributed by atoms with van der Waals surface area (Å²) >= 11 is 0. The van der Waals surface area contributed by atoms with Gasteiger partial charge in [-0.05, 0) is 26.8 Å². The second kappa shape index (κ2) is 10.7. The molecule has 2 amide bonds. The maximum Gasteiger partial charge on any atom is 0.323 e. The zero-order chi connectivity index (χ0) is 22.1. The van der Waals surface area contributed by atoms with Gasteiger partial charge in [0.1, 0.15) is 5.75 Å². The predicted molar refractivity (Wildman–Crippen MR) is 112 cm³/mol. The summed E-state index contributed by atoms with van der Waals surface area (Å²) in [6.07, 6.45) is 0. The number of nitrogens with zero attached hydrogens (tertiary/aromatic N) is 1. The third-order valence-electron chi connectivity index (χ3n) is 3.81. The van der Waals surface area contributed by atoms with Gasteiger partial charge < -0.3 is 29.6 Å². The summed E-state index contributed by atoms with van der Waals surface area (Å²) in [6.45, 7) is 6.71. The molecule has 0 aliphatic heterocycles. The van der Waals surface area contributed by atoms with Crippen LogP contribution in [0.5, 0.6) is 23.0 Å². The van der Waals surface area contributed by atoms with Gasteiger partial charge in [-0.15, -0.1) is 0 Å². The third-order valence-corrected chi connectivity index (χ3v) is 3.81. The molecule has 0 bridgehead atoms. The number of carbonyl (C=O) groups excluding carboxylic acids is 1. The monoisotopic (exact) mass is 419 g/mol. The van der Waals surface area contributed by atoms with E-state index in [4.69, 9.17) is 18.9 Å². The number of nitro benzene ring substituents is 1. The normalized spacial score (nSPS) is 10.1. The molecule has 30 heavy (non-hydrogen) atoms. The van der Waals surface area contributed by atoms with Gasteiger partial charge in [0.25, 0.3) is 5.69 Å². The topological polar surface area (TPSA) is 121 Å². The summed E-state index contributed by atoms with van der Waals surface area (Å²) in [7, 11) is 1.40. The molecule has 0 spiro atoms. The first kappa shape index (κ1) is 22.6. The molecule has 2 N–H and O–H groups in total. The van der Waals surface area contributed by atoms with Gasteiger partial charge in [0.05, 0.1) is 43.2 Å². The number of hydrogen-bond acceptors (Lipinski definition) is 7. The van der Waals surface area contributed by atoms with Crippen LogP contribution in [0.2, 0.25) is 0 Å². The molecule has 10 heteroatoms. The molecule has 0 aromatic heterocycles. The van der Waals surface area contributed by atoms with Crippen LogP contribution in [0.3, 0.4) is 0 Å². The van der Waals surface area contributed by atoms with Gasteiger partial charge in [0, 0.05) is 24.3 Å². The molecular formula is C20H25N3O7. The van der Waals surface area contributed by atoms with Crippen molar-refractivity contribution >= 4 is 23.1 Å². The highest BCUT2D eigenvalue weighted by atomic mass is 16.6. The molecule has 2 aromatic rings. The molecule has 162 valence electrons. The van der Waals surface area contributed by atoms with Gasteiger partial charge in [-0.3, -0.25) is 10.1 Å². The number of nitrogens with one attached hydrogen (secondary N) is 2.